The van der Waals surface area contributed by atoms with Crippen molar-refractivity contribution >= 4 is 45.0 Å². The lowest BCUT2D eigenvalue weighted by Crippen LogP contribution is -2.36. The maximum Gasteiger partial charge on any atom is 0.313 e. The molecule has 0 aliphatic carbocycles. The number of anilines is 1. The average Bonchev–Trinajstić information content (AvgIpc) is 2.50. The fourth-order valence-corrected chi connectivity index (χ4v) is 2.73. The van der Waals surface area contributed by atoms with Gasteiger partial charge in [0.1, 0.15) is 0 Å². The number of hydrogen-bond donors (Lipinski definition) is 2. The second-order valence-corrected chi connectivity index (χ2v) is 6.40. The number of rotatable bonds is 4. The van der Waals surface area contributed by atoms with Crippen LogP contribution in [0.1, 0.15) is 11.1 Å². The van der Waals surface area contributed by atoms with E-state index in [1.165, 1.54) is 0 Å². The van der Waals surface area contributed by atoms with E-state index in [2.05, 4.69) is 26.6 Å². The summed E-state index contributed by atoms with van der Waals surface area (Å²) in [6.45, 7) is 2.23. The summed E-state index contributed by atoms with van der Waals surface area (Å²) in [5.74, 6) is -1.34. The summed E-state index contributed by atoms with van der Waals surface area (Å²) < 4.78 is 0.916. The van der Waals surface area contributed by atoms with Crippen LogP contribution in [-0.4, -0.2) is 18.4 Å². The highest BCUT2D eigenvalue weighted by Gasteiger charge is 2.14. The monoisotopic (exact) mass is 394 g/mol. The number of nitrogens with one attached hydrogen (secondary N) is 2. The quantitative estimate of drug-likeness (QED) is 0.775. The molecule has 2 N–H and O–H groups in total. The van der Waals surface area contributed by atoms with Crippen molar-refractivity contribution in [1.82, 2.24) is 5.32 Å². The predicted molar refractivity (Wildman–Crippen MR) is 95.7 cm³/mol. The lowest BCUT2D eigenvalue weighted by Gasteiger charge is -2.09. The fourth-order valence-electron chi connectivity index (χ4n) is 2.04. The molecule has 0 aliphatic heterocycles. The molecule has 0 aromatic heterocycles. The number of benzene rings is 2. The molecular weight excluding hydrogens is 380 g/mol. The van der Waals surface area contributed by atoms with Crippen molar-refractivity contribution in [2.75, 3.05) is 11.9 Å². The van der Waals surface area contributed by atoms with Gasteiger partial charge in [0, 0.05) is 21.7 Å². The van der Waals surface area contributed by atoms with E-state index in [9.17, 15) is 9.59 Å². The molecule has 2 amide bonds. The van der Waals surface area contributed by atoms with Gasteiger partial charge >= 0.3 is 11.8 Å². The van der Waals surface area contributed by atoms with Crippen molar-refractivity contribution in [2.45, 2.75) is 13.3 Å². The van der Waals surface area contributed by atoms with Crippen LogP contribution in [0.3, 0.4) is 0 Å². The second-order valence-electron chi connectivity index (χ2n) is 5.05. The molecule has 0 heterocycles. The molecule has 0 saturated carbocycles. The van der Waals surface area contributed by atoms with Gasteiger partial charge in [0.05, 0.1) is 0 Å². The van der Waals surface area contributed by atoms with Gasteiger partial charge in [0.15, 0.2) is 0 Å². The Bertz CT molecular complexity index is 734. The van der Waals surface area contributed by atoms with Gasteiger partial charge in [-0.1, -0.05) is 39.7 Å². The summed E-state index contributed by atoms with van der Waals surface area (Å²) in [6.07, 6.45) is 0.608. The van der Waals surface area contributed by atoms with Gasteiger partial charge in [-0.2, -0.15) is 0 Å². The summed E-state index contributed by atoms with van der Waals surface area (Å²) in [4.78, 5) is 23.7. The zero-order valence-electron chi connectivity index (χ0n) is 12.5. The zero-order valence-corrected chi connectivity index (χ0v) is 14.9. The molecule has 0 radical (unpaired) electrons. The second kappa shape index (κ2) is 8.13. The Morgan fingerprint density at radius 3 is 2.61 bits per heavy atom. The first-order valence-electron chi connectivity index (χ1n) is 7.05. The van der Waals surface area contributed by atoms with Crippen molar-refractivity contribution in [2.24, 2.45) is 0 Å². The van der Waals surface area contributed by atoms with E-state index in [1.54, 1.807) is 18.2 Å². The Morgan fingerprint density at radius 1 is 1.13 bits per heavy atom. The summed E-state index contributed by atoms with van der Waals surface area (Å²) in [5.41, 5.74) is 2.49. The molecule has 2 aromatic rings. The van der Waals surface area contributed by atoms with Crippen LogP contribution in [0.25, 0.3) is 0 Å². The molecule has 0 spiro atoms. The molecule has 0 saturated heterocycles. The van der Waals surface area contributed by atoms with E-state index in [0.29, 0.717) is 23.7 Å². The topological polar surface area (TPSA) is 58.2 Å². The standard InChI is InChI=1S/C17H16BrClN2O2/c1-11-9-13(18)5-6-15(11)21-17(23)16(22)20-8-7-12-3-2-4-14(19)10-12/h2-6,9-10H,7-8H2,1H3,(H,20,22)(H,21,23). The number of aryl methyl sites for hydroxylation is 1. The molecule has 0 aliphatic rings. The van der Waals surface area contributed by atoms with Crippen LogP contribution in [0.4, 0.5) is 5.69 Å². The average molecular weight is 396 g/mol. The summed E-state index contributed by atoms with van der Waals surface area (Å²) in [6, 6.07) is 12.8. The molecule has 23 heavy (non-hydrogen) atoms. The number of hydrogen-bond acceptors (Lipinski definition) is 2. The maximum atomic E-state index is 11.9. The minimum absolute atomic E-state index is 0.367. The SMILES string of the molecule is Cc1cc(Br)ccc1NC(=O)C(=O)NCCc1cccc(Cl)c1. The highest BCUT2D eigenvalue weighted by molar-refractivity contribution is 9.10. The van der Waals surface area contributed by atoms with Crippen molar-refractivity contribution in [3.63, 3.8) is 0 Å². The van der Waals surface area contributed by atoms with Crippen molar-refractivity contribution < 1.29 is 9.59 Å². The minimum atomic E-state index is -0.679. The third-order valence-electron chi connectivity index (χ3n) is 3.23. The van der Waals surface area contributed by atoms with Gasteiger partial charge in [-0.25, -0.2) is 0 Å². The summed E-state index contributed by atoms with van der Waals surface area (Å²) >= 11 is 9.25. The predicted octanol–water partition coefficient (Wildman–Crippen LogP) is 3.71. The number of amides is 2. The highest BCUT2D eigenvalue weighted by Crippen LogP contribution is 2.19. The van der Waals surface area contributed by atoms with Gasteiger partial charge in [-0.15, -0.1) is 0 Å². The smallest absolute Gasteiger partial charge is 0.313 e. The molecule has 2 rings (SSSR count). The van der Waals surface area contributed by atoms with Crippen molar-refractivity contribution in [3.8, 4) is 0 Å². The number of halogens is 2. The van der Waals surface area contributed by atoms with Gasteiger partial charge in [-0.05, 0) is 54.8 Å². The first-order valence-corrected chi connectivity index (χ1v) is 8.22. The Hall–Kier alpha value is -1.85. The lowest BCUT2D eigenvalue weighted by molar-refractivity contribution is -0.136. The normalized spacial score (nSPS) is 10.2. The van der Waals surface area contributed by atoms with Gasteiger partial charge in [-0.3, -0.25) is 9.59 Å². The molecule has 2 aromatic carbocycles. The van der Waals surface area contributed by atoms with Gasteiger partial charge in [0.25, 0.3) is 0 Å². The highest BCUT2D eigenvalue weighted by atomic mass is 79.9. The molecule has 120 valence electrons. The molecule has 0 fully saturated rings. The van der Waals surface area contributed by atoms with Gasteiger partial charge in [0.2, 0.25) is 0 Å². The van der Waals surface area contributed by atoms with E-state index < -0.39 is 11.8 Å². The Balaban J connectivity index is 1.84. The fraction of sp³-hybridized carbons (Fsp3) is 0.176. The van der Waals surface area contributed by atoms with E-state index in [-0.39, 0.29) is 0 Å². The number of carbonyl (C=O) groups excluding carboxylic acids is 2. The largest absolute Gasteiger partial charge is 0.347 e. The van der Waals surface area contributed by atoms with Gasteiger partial charge < -0.3 is 10.6 Å². The first kappa shape index (κ1) is 17.5. The van der Waals surface area contributed by atoms with Crippen LogP contribution in [-0.2, 0) is 16.0 Å². The maximum absolute atomic E-state index is 11.9. The van der Waals surface area contributed by atoms with E-state index in [4.69, 9.17) is 11.6 Å². The van der Waals surface area contributed by atoms with Crippen LogP contribution < -0.4 is 10.6 Å². The molecule has 6 heteroatoms. The summed E-state index contributed by atoms with van der Waals surface area (Å²) in [7, 11) is 0. The number of carbonyl (C=O) groups is 2. The molecule has 0 unspecified atom stereocenters. The third-order valence-corrected chi connectivity index (χ3v) is 3.96. The lowest BCUT2D eigenvalue weighted by atomic mass is 10.1. The van der Waals surface area contributed by atoms with Crippen LogP contribution in [0.15, 0.2) is 46.9 Å². The van der Waals surface area contributed by atoms with E-state index >= 15 is 0 Å². The molecule has 4 nitrogen and oxygen atoms in total. The van der Waals surface area contributed by atoms with Crippen LogP contribution in [0.2, 0.25) is 5.02 Å². The zero-order chi connectivity index (χ0) is 16.8. The Morgan fingerprint density at radius 2 is 1.91 bits per heavy atom. The van der Waals surface area contributed by atoms with E-state index in [0.717, 1.165) is 15.6 Å². The van der Waals surface area contributed by atoms with Crippen LogP contribution in [0, 0.1) is 6.92 Å². The Kier molecular flexibility index (Phi) is 6.19. The Labute approximate surface area is 148 Å². The van der Waals surface area contributed by atoms with Crippen molar-refractivity contribution in [3.05, 3.63) is 63.1 Å². The molecule has 0 bridgehead atoms. The first-order chi connectivity index (χ1) is 11.0. The minimum Gasteiger partial charge on any atom is -0.347 e. The third kappa shape index (κ3) is 5.37. The van der Waals surface area contributed by atoms with Crippen LogP contribution in [0.5, 0.6) is 0 Å². The van der Waals surface area contributed by atoms with Crippen molar-refractivity contribution in [1.29, 1.82) is 0 Å². The van der Waals surface area contributed by atoms with E-state index in [1.807, 2.05) is 31.2 Å². The van der Waals surface area contributed by atoms with Crippen LogP contribution >= 0.6 is 27.5 Å². The molecular formula is C17H16BrClN2O2. The summed E-state index contributed by atoms with van der Waals surface area (Å²) in [5, 5.41) is 5.85. The molecule has 0 atom stereocenters.